The highest BCUT2D eigenvalue weighted by Crippen LogP contribution is 2.42. The number of carbonyl (C=O) groups is 2. The van der Waals surface area contributed by atoms with E-state index in [9.17, 15) is 9.59 Å². The third-order valence-electron chi connectivity index (χ3n) is 7.61. The number of anilines is 2. The standard InChI is InChI=1S/C34H33N3O4/c1-25-11-15-28(16-12-25)37-33(27-13-17-29(18-14-27)41-24-32(38)35-19-21-40-22-20-35)36(23-26-7-3-2-4-8-26)31-10-6-5-9-30(31)34(37)39/h2-18,33H,19-24H2,1H3/t33-/m0/s1. The molecule has 4 aromatic carbocycles. The van der Waals surface area contributed by atoms with Crippen molar-refractivity contribution in [3.63, 3.8) is 0 Å². The van der Waals surface area contributed by atoms with Crippen molar-refractivity contribution >= 4 is 23.2 Å². The highest BCUT2D eigenvalue weighted by atomic mass is 16.5. The second-order valence-corrected chi connectivity index (χ2v) is 10.4. The van der Waals surface area contributed by atoms with E-state index >= 15 is 0 Å². The average molecular weight is 548 g/mol. The SMILES string of the molecule is Cc1ccc(N2C(=O)c3ccccc3N(Cc3ccccc3)[C@@H]2c2ccc(OCC(=O)N3CCOCC3)cc2)cc1. The largest absolute Gasteiger partial charge is 0.484 e. The van der Waals surface area contributed by atoms with Crippen molar-refractivity contribution in [1.29, 1.82) is 0 Å². The molecule has 41 heavy (non-hydrogen) atoms. The lowest BCUT2D eigenvalue weighted by Crippen LogP contribution is -2.49. The molecule has 0 radical (unpaired) electrons. The molecule has 1 fully saturated rings. The van der Waals surface area contributed by atoms with Gasteiger partial charge >= 0.3 is 0 Å². The highest BCUT2D eigenvalue weighted by molar-refractivity contribution is 6.12. The van der Waals surface area contributed by atoms with Crippen LogP contribution in [0.5, 0.6) is 5.75 Å². The van der Waals surface area contributed by atoms with E-state index in [1.165, 1.54) is 0 Å². The molecule has 6 rings (SSSR count). The number of fused-ring (bicyclic) bond motifs is 1. The summed E-state index contributed by atoms with van der Waals surface area (Å²) < 4.78 is 11.2. The second-order valence-electron chi connectivity index (χ2n) is 10.4. The van der Waals surface area contributed by atoms with E-state index in [0.29, 0.717) is 44.2 Å². The smallest absolute Gasteiger partial charge is 0.262 e. The lowest BCUT2D eigenvalue weighted by Gasteiger charge is -2.46. The maximum absolute atomic E-state index is 14.1. The first-order valence-corrected chi connectivity index (χ1v) is 14.0. The maximum Gasteiger partial charge on any atom is 0.262 e. The van der Waals surface area contributed by atoms with Crippen molar-refractivity contribution in [2.75, 3.05) is 42.7 Å². The van der Waals surface area contributed by atoms with Gasteiger partial charge in [-0.2, -0.15) is 0 Å². The number of rotatable bonds is 7. The summed E-state index contributed by atoms with van der Waals surface area (Å²) in [5.74, 6) is 0.510. The first-order valence-electron chi connectivity index (χ1n) is 14.0. The van der Waals surface area contributed by atoms with Crippen molar-refractivity contribution < 1.29 is 19.1 Å². The van der Waals surface area contributed by atoms with Gasteiger partial charge in [-0.25, -0.2) is 0 Å². The Kier molecular flexibility index (Phi) is 7.69. The summed E-state index contributed by atoms with van der Waals surface area (Å²) in [6.07, 6.45) is -0.399. The zero-order valence-corrected chi connectivity index (χ0v) is 23.1. The van der Waals surface area contributed by atoms with Crippen LogP contribution in [0.15, 0.2) is 103 Å². The number of ether oxygens (including phenoxy) is 2. The van der Waals surface area contributed by atoms with Gasteiger partial charge in [0.15, 0.2) is 6.61 Å². The average Bonchev–Trinajstić information content (AvgIpc) is 3.03. The van der Waals surface area contributed by atoms with Crippen LogP contribution in [0.1, 0.15) is 33.2 Å². The van der Waals surface area contributed by atoms with Crippen molar-refractivity contribution in [2.45, 2.75) is 19.6 Å². The molecule has 2 heterocycles. The predicted octanol–water partition coefficient (Wildman–Crippen LogP) is 5.60. The van der Waals surface area contributed by atoms with E-state index in [1.54, 1.807) is 4.90 Å². The topological polar surface area (TPSA) is 62.3 Å². The minimum atomic E-state index is -0.399. The van der Waals surface area contributed by atoms with Gasteiger partial charge in [0.25, 0.3) is 11.8 Å². The Labute approximate surface area is 240 Å². The number of carbonyl (C=O) groups excluding carboxylic acids is 2. The fourth-order valence-corrected chi connectivity index (χ4v) is 5.45. The lowest BCUT2D eigenvalue weighted by atomic mass is 9.99. The molecule has 0 aliphatic carbocycles. The number of nitrogens with zero attached hydrogens (tertiary/aromatic N) is 3. The van der Waals surface area contributed by atoms with Crippen LogP contribution in [-0.2, 0) is 16.1 Å². The lowest BCUT2D eigenvalue weighted by molar-refractivity contribution is -0.137. The molecule has 0 aromatic heterocycles. The minimum absolute atomic E-state index is 0.0236. The first kappa shape index (κ1) is 26.6. The van der Waals surface area contributed by atoms with Crippen molar-refractivity contribution in [2.24, 2.45) is 0 Å². The molecule has 4 aromatic rings. The number of para-hydroxylation sites is 1. The van der Waals surface area contributed by atoms with Gasteiger partial charge < -0.3 is 19.3 Å². The Hall–Kier alpha value is -4.62. The molecule has 2 aliphatic heterocycles. The van der Waals surface area contributed by atoms with E-state index in [0.717, 1.165) is 28.1 Å². The van der Waals surface area contributed by atoms with Crippen LogP contribution in [0.4, 0.5) is 11.4 Å². The Bertz CT molecular complexity index is 1500. The fourth-order valence-electron chi connectivity index (χ4n) is 5.45. The summed E-state index contributed by atoms with van der Waals surface area (Å²) in [5.41, 5.74) is 5.61. The van der Waals surface area contributed by atoms with E-state index in [4.69, 9.17) is 9.47 Å². The van der Waals surface area contributed by atoms with E-state index < -0.39 is 6.17 Å². The Morgan fingerprint density at radius 3 is 2.27 bits per heavy atom. The third kappa shape index (κ3) is 5.67. The maximum atomic E-state index is 14.1. The monoisotopic (exact) mass is 547 g/mol. The van der Waals surface area contributed by atoms with E-state index in [2.05, 4.69) is 17.0 Å². The number of morpholine rings is 1. The Morgan fingerprint density at radius 1 is 0.854 bits per heavy atom. The zero-order valence-electron chi connectivity index (χ0n) is 23.1. The highest BCUT2D eigenvalue weighted by Gasteiger charge is 2.39. The van der Waals surface area contributed by atoms with Gasteiger partial charge in [-0.3, -0.25) is 14.5 Å². The molecule has 0 N–H and O–H groups in total. The van der Waals surface area contributed by atoms with Crippen LogP contribution in [0.3, 0.4) is 0 Å². The summed E-state index contributed by atoms with van der Waals surface area (Å²) in [7, 11) is 0. The van der Waals surface area contributed by atoms with Gasteiger partial charge in [0.2, 0.25) is 0 Å². The summed E-state index contributed by atoms with van der Waals surface area (Å²) in [6.45, 7) is 4.92. The van der Waals surface area contributed by atoms with Crippen LogP contribution in [0.25, 0.3) is 0 Å². The van der Waals surface area contributed by atoms with Crippen molar-refractivity contribution in [3.8, 4) is 5.75 Å². The van der Waals surface area contributed by atoms with Gasteiger partial charge in [-0.05, 0) is 54.4 Å². The molecule has 7 nitrogen and oxygen atoms in total. The number of amides is 2. The van der Waals surface area contributed by atoms with Gasteiger partial charge in [-0.1, -0.05) is 72.3 Å². The first-order chi connectivity index (χ1) is 20.1. The van der Waals surface area contributed by atoms with Crippen LogP contribution in [0, 0.1) is 6.92 Å². The van der Waals surface area contributed by atoms with Gasteiger partial charge in [0, 0.05) is 25.3 Å². The van der Waals surface area contributed by atoms with Crippen molar-refractivity contribution in [3.05, 3.63) is 125 Å². The molecule has 0 saturated carbocycles. The van der Waals surface area contributed by atoms with Crippen molar-refractivity contribution in [1.82, 2.24) is 4.90 Å². The normalized spacial score (nSPS) is 16.9. The van der Waals surface area contributed by atoms with E-state index in [-0.39, 0.29) is 18.4 Å². The predicted molar refractivity (Wildman–Crippen MR) is 159 cm³/mol. The molecule has 7 heteroatoms. The quantitative estimate of drug-likeness (QED) is 0.302. The van der Waals surface area contributed by atoms with Crippen LogP contribution < -0.4 is 14.5 Å². The number of aryl methyl sites for hydroxylation is 1. The third-order valence-corrected chi connectivity index (χ3v) is 7.61. The molecule has 2 aliphatic rings. The molecule has 1 atom stereocenters. The van der Waals surface area contributed by atoms with Crippen LogP contribution in [-0.4, -0.2) is 49.6 Å². The summed E-state index contributed by atoms with van der Waals surface area (Å²) in [5, 5.41) is 0. The summed E-state index contributed by atoms with van der Waals surface area (Å²) in [6, 6.07) is 33.9. The van der Waals surface area contributed by atoms with Gasteiger partial charge in [-0.15, -0.1) is 0 Å². The second kappa shape index (κ2) is 11.9. The molecular formula is C34H33N3O4. The van der Waals surface area contributed by atoms with Gasteiger partial charge in [0.1, 0.15) is 11.9 Å². The fraction of sp³-hybridized carbons (Fsp3) is 0.235. The Morgan fingerprint density at radius 2 is 1.54 bits per heavy atom. The van der Waals surface area contributed by atoms with Gasteiger partial charge in [0.05, 0.1) is 24.5 Å². The number of hydrogen-bond acceptors (Lipinski definition) is 5. The summed E-state index contributed by atoms with van der Waals surface area (Å²) in [4.78, 5) is 32.6. The number of hydrogen-bond donors (Lipinski definition) is 0. The molecular weight excluding hydrogens is 514 g/mol. The summed E-state index contributed by atoms with van der Waals surface area (Å²) >= 11 is 0. The van der Waals surface area contributed by atoms with E-state index in [1.807, 2.05) is 103 Å². The van der Waals surface area contributed by atoms with Crippen LogP contribution >= 0.6 is 0 Å². The molecule has 0 unspecified atom stereocenters. The van der Waals surface area contributed by atoms with Crippen LogP contribution in [0.2, 0.25) is 0 Å². The molecule has 0 bridgehead atoms. The number of benzene rings is 4. The molecule has 1 saturated heterocycles. The minimum Gasteiger partial charge on any atom is -0.484 e. The zero-order chi connectivity index (χ0) is 28.2. The molecule has 2 amide bonds. The Balaban J connectivity index is 1.35. The molecule has 208 valence electrons. The molecule has 0 spiro atoms.